The van der Waals surface area contributed by atoms with Gasteiger partial charge in [0.1, 0.15) is 25.0 Å². The zero-order valence-corrected chi connectivity index (χ0v) is 13.0. The number of fused-ring (bicyclic) bond motifs is 1. The van der Waals surface area contributed by atoms with Crippen LogP contribution in [0, 0.1) is 5.92 Å². The van der Waals surface area contributed by atoms with Gasteiger partial charge in [-0.15, -0.1) is 10.2 Å². The number of nitrogens with zero attached hydrogens (tertiary/aromatic N) is 4. The van der Waals surface area contributed by atoms with Gasteiger partial charge in [-0.05, 0) is 30.9 Å². The average molecular weight is 312 g/mol. The van der Waals surface area contributed by atoms with Crippen molar-refractivity contribution in [3.05, 3.63) is 42.5 Å². The number of ether oxygens (including phenoxy) is 1. The Kier molecular flexibility index (Phi) is 3.73. The van der Waals surface area contributed by atoms with Crippen LogP contribution in [-0.2, 0) is 11.2 Å². The topological polar surface area (TPSA) is 60.2 Å². The highest BCUT2D eigenvalue weighted by atomic mass is 16.5. The van der Waals surface area contributed by atoms with E-state index in [4.69, 9.17) is 4.74 Å². The first-order valence-corrected chi connectivity index (χ1v) is 8.15. The Morgan fingerprint density at radius 2 is 1.87 bits per heavy atom. The fraction of sp³-hybridized carbons (Fsp3) is 0.471. The number of carbonyl (C=O) groups is 1. The van der Waals surface area contributed by atoms with Crippen LogP contribution in [0.15, 0.2) is 36.9 Å². The largest absolute Gasteiger partial charge is 0.492 e. The Morgan fingerprint density at radius 3 is 2.65 bits per heavy atom. The van der Waals surface area contributed by atoms with E-state index in [1.54, 1.807) is 12.7 Å². The quantitative estimate of drug-likeness (QED) is 0.847. The van der Waals surface area contributed by atoms with E-state index >= 15 is 0 Å². The van der Waals surface area contributed by atoms with Gasteiger partial charge in [-0.2, -0.15) is 0 Å². The molecule has 0 radical (unpaired) electrons. The average Bonchev–Trinajstić information content (AvgIpc) is 3.15. The van der Waals surface area contributed by atoms with Crippen molar-refractivity contribution in [3.63, 3.8) is 0 Å². The summed E-state index contributed by atoms with van der Waals surface area (Å²) >= 11 is 0. The monoisotopic (exact) mass is 312 g/mol. The van der Waals surface area contributed by atoms with Crippen molar-refractivity contribution in [1.82, 2.24) is 19.7 Å². The van der Waals surface area contributed by atoms with Crippen molar-refractivity contribution < 1.29 is 9.53 Å². The second-order valence-electron chi connectivity index (χ2n) is 6.29. The number of benzene rings is 1. The third kappa shape index (κ3) is 2.81. The number of carbonyl (C=O) groups excluding carboxylic acids is 1. The first-order chi connectivity index (χ1) is 11.3. The number of likely N-dealkylation sites (tertiary alicyclic amines) is 1. The van der Waals surface area contributed by atoms with Crippen LogP contribution in [0.2, 0.25) is 0 Å². The number of aromatic nitrogens is 3. The van der Waals surface area contributed by atoms with Gasteiger partial charge in [0, 0.05) is 19.1 Å². The lowest BCUT2D eigenvalue weighted by Crippen LogP contribution is -2.44. The van der Waals surface area contributed by atoms with Crippen molar-refractivity contribution in [2.75, 3.05) is 19.7 Å². The van der Waals surface area contributed by atoms with E-state index in [1.807, 2.05) is 33.7 Å². The Hall–Kier alpha value is -2.37. The van der Waals surface area contributed by atoms with Crippen molar-refractivity contribution in [3.8, 4) is 5.75 Å². The maximum absolute atomic E-state index is 12.8. The van der Waals surface area contributed by atoms with Gasteiger partial charge in [0.15, 0.2) is 0 Å². The molecule has 4 rings (SSSR count). The van der Waals surface area contributed by atoms with E-state index in [1.165, 1.54) is 0 Å². The molecule has 1 fully saturated rings. The van der Waals surface area contributed by atoms with Crippen LogP contribution in [0.3, 0.4) is 0 Å². The molecule has 1 aromatic carbocycles. The molecule has 1 aromatic heterocycles. The molecule has 3 heterocycles. The molecule has 6 heteroatoms. The van der Waals surface area contributed by atoms with E-state index in [9.17, 15) is 4.79 Å². The Bertz CT molecular complexity index is 678. The molecule has 0 bridgehead atoms. The molecule has 0 spiro atoms. The van der Waals surface area contributed by atoms with E-state index < -0.39 is 0 Å². The molecule has 1 saturated heterocycles. The third-order valence-electron chi connectivity index (χ3n) is 4.86. The molecule has 2 aliphatic rings. The molecule has 0 N–H and O–H groups in total. The van der Waals surface area contributed by atoms with Crippen LogP contribution in [0.25, 0.3) is 0 Å². The lowest BCUT2D eigenvalue weighted by Gasteiger charge is -2.35. The molecule has 23 heavy (non-hydrogen) atoms. The molecule has 1 unspecified atom stereocenters. The highest BCUT2D eigenvalue weighted by molar-refractivity contribution is 5.80. The molecule has 6 nitrogen and oxygen atoms in total. The molecule has 1 atom stereocenters. The minimum Gasteiger partial charge on any atom is -0.492 e. The van der Waals surface area contributed by atoms with Gasteiger partial charge in [-0.25, -0.2) is 0 Å². The maximum Gasteiger partial charge on any atom is 0.229 e. The normalized spacial score (nSPS) is 21.6. The summed E-state index contributed by atoms with van der Waals surface area (Å²) in [6, 6.07) is 8.39. The summed E-state index contributed by atoms with van der Waals surface area (Å²) in [5.74, 6) is 1.08. The number of piperidine rings is 1. The standard InChI is InChI=1S/C17H20N4O2/c22-17(14-9-13-3-1-2-4-16(13)23-10-14)20-7-5-15(6-8-20)21-11-18-19-12-21/h1-4,11-12,14-15H,5-10H2. The number of para-hydroxylation sites is 1. The lowest BCUT2D eigenvalue weighted by molar-refractivity contribution is -0.138. The van der Waals surface area contributed by atoms with Crippen LogP contribution >= 0.6 is 0 Å². The summed E-state index contributed by atoms with van der Waals surface area (Å²) in [6.45, 7) is 2.07. The first-order valence-electron chi connectivity index (χ1n) is 8.15. The first kappa shape index (κ1) is 14.2. The summed E-state index contributed by atoms with van der Waals surface area (Å²) in [5, 5.41) is 7.72. The van der Waals surface area contributed by atoms with Gasteiger partial charge in [0.2, 0.25) is 5.91 Å². The van der Waals surface area contributed by atoms with Gasteiger partial charge in [0.05, 0.1) is 5.92 Å². The van der Waals surface area contributed by atoms with Gasteiger partial charge in [-0.1, -0.05) is 18.2 Å². The van der Waals surface area contributed by atoms with E-state index in [0.29, 0.717) is 12.6 Å². The van der Waals surface area contributed by atoms with Crippen LogP contribution < -0.4 is 4.74 Å². The van der Waals surface area contributed by atoms with E-state index in [0.717, 1.165) is 43.7 Å². The summed E-state index contributed by atoms with van der Waals surface area (Å²) in [4.78, 5) is 14.8. The number of hydrogen-bond donors (Lipinski definition) is 0. The number of rotatable bonds is 2. The molecular weight excluding hydrogens is 292 g/mol. The molecule has 2 aliphatic heterocycles. The summed E-state index contributed by atoms with van der Waals surface area (Å²) in [6.07, 6.45) is 6.20. The highest BCUT2D eigenvalue weighted by Crippen LogP contribution is 2.29. The highest BCUT2D eigenvalue weighted by Gasteiger charge is 2.31. The van der Waals surface area contributed by atoms with E-state index in [2.05, 4.69) is 10.2 Å². The predicted octanol–water partition coefficient (Wildman–Crippen LogP) is 1.69. The maximum atomic E-state index is 12.8. The van der Waals surface area contributed by atoms with Gasteiger partial charge in [0.25, 0.3) is 0 Å². The van der Waals surface area contributed by atoms with Gasteiger partial charge in [-0.3, -0.25) is 4.79 Å². The van der Waals surface area contributed by atoms with Crippen molar-refractivity contribution >= 4 is 5.91 Å². The second-order valence-corrected chi connectivity index (χ2v) is 6.29. The zero-order chi connectivity index (χ0) is 15.6. The van der Waals surface area contributed by atoms with Gasteiger partial charge < -0.3 is 14.2 Å². The number of amides is 1. The van der Waals surface area contributed by atoms with Crippen LogP contribution in [0.5, 0.6) is 5.75 Å². The van der Waals surface area contributed by atoms with Crippen LogP contribution in [0.4, 0.5) is 0 Å². The molecular formula is C17H20N4O2. The second kappa shape index (κ2) is 6.02. The smallest absolute Gasteiger partial charge is 0.229 e. The van der Waals surface area contributed by atoms with Crippen molar-refractivity contribution in [2.24, 2.45) is 5.92 Å². The summed E-state index contributed by atoms with van der Waals surface area (Å²) in [5.41, 5.74) is 1.14. The summed E-state index contributed by atoms with van der Waals surface area (Å²) in [7, 11) is 0. The predicted molar refractivity (Wildman–Crippen MR) is 84.0 cm³/mol. The number of hydrogen-bond acceptors (Lipinski definition) is 4. The minimum absolute atomic E-state index is 0.0589. The van der Waals surface area contributed by atoms with Crippen LogP contribution in [0.1, 0.15) is 24.4 Å². The SMILES string of the molecule is O=C(C1COc2ccccc2C1)N1CCC(n2cnnc2)CC1. The van der Waals surface area contributed by atoms with Crippen molar-refractivity contribution in [2.45, 2.75) is 25.3 Å². The summed E-state index contributed by atoms with van der Waals surface area (Å²) < 4.78 is 7.80. The molecule has 1 amide bonds. The van der Waals surface area contributed by atoms with Crippen LogP contribution in [-0.4, -0.2) is 45.3 Å². The van der Waals surface area contributed by atoms with Gasteiger partial charge >= 0.3 is 0 Å². The fourth-order valence-electron chi connectivity index (χ4n) is 3.53. The third-order valence-corrected chi connectivity index (χ3v) is 4.86. The lowest BCUT2D eigenvalue weighted by atomic mass is 9.94. The Morgan fingerprint density at radius 1 is 1.13 bits per heavy atom. The molecule has 120 valence electrons. The zero-order valence-electron chi connectivity index (χ0n) is 13.0. The molecule has 2 aromatic rings. The Balaban J connectivity index is 1.37. The molecule has 0 aliphatic carbocycles. The van der Waals surface area contributed by atoms with Crippen molar-refractivity contribution in [1.29, 1.82) is 0 Å². The molecule has 0 saturated carbocycles. The Labute approximate surface area is 135 Å². The fourth-order valence-corrected chi connectivity index (χ4v) is 3.53. The van der Waals surface area contributed by atoms with E-state index in [-0.39, 0.29) is 11.8 Å². The minimum atomic E-state index is -0.0589.